The van der Waals surface area contributed by atoms with Gasteiger partial charge < -0.3 is 10.4 Å². The standard InChI is InChI=1S/C17H14ClN3O3/c1-2-13-15(21-9-11(18)5-8-14(21)20-13)16(22)19-12-6-3-10(4-7-12)17(23)24/h3-9H,2H2,1H3,(H,19,22)(H,23,24). The van der Waals surface area contributed by atoms with E-state index in [4.69, 9.17) is 16.7 Å². The van der Waals surface area contributed by atoms with Crippen molar-refractivity contribution in [3.8, 4) is 0 Å². The molecule has 0 fully saturated rings. The second-order valence-electron chi connectivity index (χ2n) is 5.17. The number of hydrogen-bond acceptors (Lipinski definition) is 3. The average molecular weight is 344 g/mol. The molecule has 0 aliphatic carbocycles. The fraction of sp³-hybridized carbons (Fsp3) is 0.118. The predicted molar refractivity (Wildman–Crippen MR) is 90.9 cm³/mol. The summed E-state index contributed by atoms with van der Waals surface area (Å²) in [5.41, 5.74) is 2.38. The predicted octanol–water partition coefficient (Wildman–Crippen LogP) is 3.50. The molecule has 0 saturated heterocycles. The topological polar surface area (TPSA) is 83.7 Å². The van der Waals surface area contributed by atoms with E-state index in [1.807, 2.05) is 6.92 Å². The maximum atomic E-state index is 12.7. The van der Waals surface area contributed by atoms with Gasteiger partial charge >= 0.3 is 5.97 Å². The lowest BCUT2D eigenvalue weighted by atomic mass is 10.2. The first-order chi connectivity index (χ1) is 11.5. The zero-order valence-electron chi connectivity index (χ0n) is 12.8. The summed E-state index contributed by atoms with van der Waals surface area (Å²) in [6.45, 7) is 1.92. The lowest BCUT2D eigenvalue weighted by Crippen LogP contribution is -2.16. The van der Waals surface area contributed by atoms with Crippen LogP contribution in [0.5, 0.6) is 0 Å². The van der Waals surface area contributed by atoms with Crippen LogP contribution in [0, 0.1) is 0 Å². The largest absolute Gasteiger partial charge is 0.478 e. The van der Waals surface area contributed by atoms with E-state index in [-0.39, 0.29) is 11.5 Å². The van der Waals surface area contributed by atoms with Gasteiger partial charge in [0.1, 0.15) is 11.3 Å². The van der Waals surface area contributed by atoms with Crippen LogP contribution in [-0.2, 0) is 6.42 Å². The minimum absolute atomic E-state index is 0.156. The third-order valence-electron chi connectivity index (χ3n) is 3.59. The highest BCUT2D eigenvalue weighted by Crippen LogP contribution is 2.19. The molecule has 2 N–H and O–H groups in total. The van der Waals surface area contributed by atoms with Crippen LogP contribution in [0.1, 0.15) is 33.5 Å². The minimum atomic E-state index is -1.02. The highest BCUT2D eigenvalue weighted by molar-refractivity contribution is 6.30. The number of carbonyl (C=O) groups excluding carboxylic acids is 1. The third-order valence-corrected chi connectivity index (χ3v) is 3.82. The van der Waals surface area contributed by atoms with E-state index < -0.39 is 5.97 Å². The van der Waals surface area contributed by atoms with Crippen LogP contribution in [0.25, 0.3) is 5.65 Å². The summed E-state index contributed by atoms with van der Waals surface area (Å²) in [6, 6.07) is 9.43. The molecule has 1 aromatic carbocycles. The van der Waals surface area contributed by atoms with Gasteiger partial charge in [0.15, 0.2) is 0 Å². The maximum absolute atomic E-state index is 12.7. The summed E-state index contributed by atoms with van der Waals surface area (Å²) < 4.78 is 1.65. The number of hydrogen-bond donors (Lipinski definition) is 2. The summed E-state index contributed by atoms with van der Waals surface area (Å²) >= 11 is 6.02. The molecule has 6 nitrogen and oxygen atoms in total. The number of benzene rings is 1. The van der Waals surface area contributed by atoms with Crippen molar-refractivity contribution in [2.75, 3.05) is 5.32 Å². The van der Waals surface area contributed by atoms with Gasteiger partial charge in [0.25, 0.3) is 5.91 Å². The van der Waals surface area contributed by atoms with Crippen LogP contribution in [-0.4, -0.2) is 26.4 Å². The molecule has 0 unspecified atom stereocenters. The van der Waals surface area contributed by atoms with Crippen LogP contribution < -0.4 is 5.32 Å². The smallest absolute Gasteiger partial charge is 0.335 e. The lowest BCUT2D eigenvalue weighted by molar-refractivity contribution is 0.0696. The van der Waals surface area contributed by atoms with E-state index in [1.165, 1.54) is 12.1 Å². The Labute approximate surface area is 142 Å². The van der Waals surface area contributed by atoms with Crippen LogP contribution in [0.15, 0.2) is 42.6 Å². The van der Waals surface area contributed by atoms with Crippen molar-refractivity contribution in [1.29, 1.82) is 0 Å². The fourth-order valence-corrected chi connectivity index (χ4v) is 2.60. The number of carboxylic acid groups (broad SMARTS) is 1. The van der Waals surface area contributed by atoms with Crippen molar-refractivity contribution in [1.82, 2.24) is 9.38 Å². The van der Waals surface area contributed by atoms with E-state index in [1.54, 1.807) is 34.9 Å². The molecule has 0 radical (unpaired) electrons. The Morgan fingerprint density at radius 3 is 2.54 bits per heavy atom. The number of imidazole rings is 1. The Hall–Kier alpha value is -2.86. The van der Waals surface area contributed by atoms with Crippen LogP contribution in [0.4, 0.5) is 5.69 Å². The van der Waals surface area contributed by atoms with Gasteiger partial charge in [-0.05, 0) is 42.8 Å². The first-order valence-electron chi connectivity index (χ1n) is 7.30. The van der Waals surface area contributed by atoms with Gasteiger partial charge in [0.05, 0.1) is 16.3 Å². The highest BCUT2D eigenvalue weighted by atomic mass is 35.5. The number of aryl methyl sites for hydroxylation is 1. The number of halogens is 1. The van der Waals surface area contributed by atoms with Gasteiger partial charge in [0.2, 0.25) is 0 Å². The molecule has 3 rings (SSSR count). The second kappa shape index (κ2) is 6.33. The molecular formula is C17H14ClN3O3. The number of carbonyl (C=O) groups is 2. The van der Waals surface area contributed by atoms with Crippen LogP contribution in [0.2, 0.25) is 5.02 Å². The van der Waals surface area contributed by atoms with Gasteiger partial charge in [-0.15, -0.1) is 0 Å². The van der Waals surface area contributed by atoms with Crippen LogP contribution in [0.3, 0.4) is 0 Å². The monoisotopic (exact) mass is 343 g/mol. The summed E-state index contributed by atoms with van der Waals surface area (Å²) in [5, 5.41) is 12.2. The maximum Gasteiger partial charge on any atom is 0.335 e. The first kappa shape index (κ1) is 16.0. The number of aromatic carboxylic acids is 1. The van der Waals surface area contributed by atoms with E-state index in [9.17, 15) is 9.59 Å². The molecule has 2 aromatic heterocycles. The average Bonchev–Trinajstić information content (AvgIpc) is 2.93. The number of aromatic nitrogens is 2. The number of carboxylic acids is 1. The molecule has 2 heterocycles. The Kier molecular flexibility index (Phi) is 4.22. The molecule has 3 aromatic rings. The van der Waals surface area contributed by atoms with E-state index >= 15 is 0 Å². The molecule has 0 bridgehead atoms. The Morgan fingerprint density at radius 1 is 1.21 bits per heavy atom. The molecule has 0 aliphatic rings. The van der Waals surface area contributed by atoms with Crippen molar-refractivity contribution in [2.45, 2.75) is 13.3 Å². The molecule has 24 heavy (non-hydrogen) atoms. The minimum Gasteiger partial charge on any atom is -0.478 e. The zero-order valence-corrected chi connectivity index (χ0v) is 13.5. The number of anilines is 1. The SMILES string of the molecule is CCc1nc2ccc(Cl)cn2c1C(=O)Nc1ccc(C(=O)O)cc1. The van der Waals surface area contributed by atoms with Crippen molar-refractivity contribution in [3.05, 3.63) is 64.6 Å². The van der Waals surface area contributed by atoms with E-state index in [0.29, 0.717) is 34.2 Å². The van der Waals surface area contributed by atoms with Crippen molar-refractivity contribution in [3.63, 3.8) is 0 Å². The lowest BCUT2D eigenvalue weighted by Gasteiger charge is -2.07. The number of amides is 1. The fourth-order valence-electron chi connectivity index (χ4n) is 2.44. The first-order valence-corrected chi connectivity index (χ1v) is 7.68. The molecule has 0 saturated carbocycles. The normalized spacial score (nSPS) is 10.8. The molecule has 0 spiro atoms. The summed E-state index contributed by atoms with van der Waals surface area (Å²) in [7, 11) is 0. The molecule has 122 valence electrons. The molecule has 0 aliphatic heterocycles. The van der Waals surface area contributed by atoms with Crippen molar-refractivity contribution >= 4 is 34.8 Å². The number of nitrogens with zero attached hydrogens (tertiary/aromatic N) is 2. The van der Waals surface area contributed by atoms with Gasteiger partial charge in [-0.2, -0.15) is 0 Å². The number of rotatable bonds is 4. The summed E-state index contributed by atoms with van der Waals surface area (Å²) in [5.74, 6) is -1.35. The highest BCUT2D eigenvalue weighted by Gasteiger charge is 2.18. The number of pyridine rings is 1. The van der Waals surface area contributed by atoms with Gasteiger partial charge in [0, 0.05) is 11.9 Å². The van der Waals surface area contributed by atoms with Gasteiger partial charge in [-0.1, -0.05) is 18.5 Å². The zero-order chi connectivity index (χ0) is 17.3. The number of nitrogens with one attached hydrogen (secondary N) is 1. The summed E-state index contributed by atoms with van der Waals surface area (Å²) in [6.07, 6.45) is 2.24. The summed E-state index contributed by atoms with van der Waals surface area (Å²) in [4.78, 5) is 28.0. The number of fused-ring (bicyclic) bond motifs is 1. The van der Waals surface area contributed by atoms with Gasteiger partial charge in [-0.3, -0.25) is 9.20 Å². The van der Waals surface area contributed by atoms with E-state index in [2.05, 4.69) is 10.3 Å². The van der Waals surface area contributed by atoms with Gasteiger partial charge in [-0.25, -0.2) is 9.78 Å². The van der Waals surface area contributed by atoms with Crippen LogP contribution >= 0.6 is 11.6 Å². The third kappa shape index (κ3) is 2.96. The van der Waals surface area contributed by atoms with Crippen molar-refractivity contribution < 1.29 is 14.7 Å². The Morgan fingerprint density at radius 2 is 1.92 bits per heavy atom. The molecule has 1 amide bonds. The second-order valence-corrected chi connectivity index (χ2v) is 5.61. The van der Waals surface area contributed by atoms with E-state index in [0.717, 1.165) is 0 Å². The molecular weight excluding hydrogens is 330 g/mol. The Bertz CT molecular complexity index is 932. The van der Waals surface area contributed by atoms with Crippen molar-refractivity contribution in [2.24, 2.45) is 0 Å². The Balaban J connectivity index is 1.96. The molecule has 0 atom stereocenters. The quantitative estimate of drug-likeness (QED) is 0.759. The molecule has 7 heteroatoms.